The Hall–Kier alpha value is -5.38. The van der Waals surface area contributed by atoms with Crippen LogP contribution in [0.1, 0.15) is 17.4 Å². The van der Waals surface area contributed by atoms with E-state index < -0.39 is 0 Å². The maximum absolute atomic E-state index is 5.22. The third-order valence-corrected chi connectivity index (χ3v) is 9.64. The van der Waals surface area contributed by atoms with Crippen molar-refractivity contribution < 1.29 is 0 Å². The summed E-state index contributed by atoms with van der Waals surface area (Å²) in [4.78, 5) is 11.4. The summed E-state index contributed by atoms with van der Waals surface area (Å²) >= 11 is 1.80. The molecule has 3 heteroatoms. The summed E-state index contributed by atoms with van der Waals surface area (Å²) in [6.45, 7) is 6.13. The highest BCUT2D eigenvalue weighted by molar-refractivity contribution is 7.20. The van der Waals surface area contributed by atoms with Crippen LogP contribution in [0.15, 0.2) is 134 Å². The number of hydrogen-bond acceptors (Lipinski definition) is 3. The van der Waals surface area contributed by atoms with Gasteiger partial charge in [0.15, 0.2) is 0 Å². The zero-order valence-electron chi connectivity index (χ0n) is 24.3. The summed E-state index contributed by atoms with van der Waals surface area (Å²) < 4.78 is 1.28. The Morgan fingerprint density at radius 2 is 1.20 bits per heavy atom. The fraction of sp³-hybridized carbons (Fsp3) is 0.0244. The van der Waals surface area contributed by atoms with E-state index in [0.29, 0.717) is 0 Å². The van der Waals surface area contributed by atoms with E-state index in [4.69, 9.17) is 9.97 Å². The predicted octanol–water partition coefficient (Wildman–Crippen LogP) is 11.8. The first kappa shape index (κ1) is 26.3. The molecule has 0 saturated heterocycles. The molecule has 208 valence electrons. The normalized spacial score (nSPS) is 11.8. The third kappa shape index (κ3) is 4.24. The molecule has 0 aliphatic heterocycles. The van der Waals surface area contributed by atoms with Crippen LogP contribution in [0, 0.1) is 0 Å². The van der Waals surface area contributed by atoms with E-state index in [9.17, 15) is 0 Å². The van der Waals surface area contributed by atoms with E-state index in [1.54, 1.807) is 11.3 Å². The van der Waals surface area contributed by atoms with Crippen molar-refractivity contribution in [2.24, 2.45) is 0 Å². The van der Waals surface area contributed by atoms with Crippen LogP contribution in [0.5, 0.6) is 0 Å². The van der Waals surface area contributed by atoms with Crippen molar-refractivity contribution >= 4 is 66.2 Å². The summed E-state index contributed by atoms with van der Waals surface area (Å²) in [5.41, 5.74) is 9.78. The average Bonchev–Trinajstić information content (AvgIpc) is 3.46. The molecule has 8 rings (SSSR count). The number of allylic oxidation sites excluding steroid dienone is 1. The molecule has 2 heterocycles. The maximum Gasteiger partial charge on any atom is 0.0979 e. The van der Waals surface area contributed by atoms with Crippen LogP contribution in [0.4, 0.5) is 0 Å². The second-order valence-electron chi connectivity index (χ2n) is 11.0. The average molecular weight is 581 g/mol. The molecule has 2 aromatic heterocycles. The standard InChI is InChI=1S/C41H28N2S/c1-3-12-33-36-22-11-21-30(41(36)44-38(33)4-2)28-15-9-13-26(23-28)27-14-10-16-29(24-27)37-25-42-39-34-19-7-5-17-31(34)32-18-6-8-20-35(32)40(39)43-37/h3-25H,2H2,1H3/b12-3-. The molecule has 0 saturated carbocycles. The second-order valence-corrected chi connectivity index (χ2v) is 12.0. The van der Waals surface area contributed by atoms with Crippen molar-refractivity contribution in [1.82, 2.24) is 9.97 Å². The number of rotatable bonds is 5. The lowest BCUT2D eigenvalue weighted by atomic mass is 9.96. The first-order valence-electron chi connectivity index (χ1n) is 14.8. The molecule has 0 N–H and O–H groups in total. The molecule has 0 atom stereocenters. The second kappa shape index (κ2) is 10.7. The third-order valence-electron chi connectivity index (χ3n) is 8.39. The van der Waals surface area contributed by atoms with Crippen LogP contribution in [0.2, 0.25) is 0 Å². The van der Waals surface area contributed by atoms with E-state index in [2.05, 4.69) is 141 Å². The van der Waals surface area contributed by atoms with Crippen molar-refractivity contribution in [2.75, 3.05) is 0 Å². The number of thiophene rings is 1. The quantitative estimate of drug-likeness (QED) is 0.189. The Labute approximate surface area is 260 Å². The lowest BCUT2D eigenvalue weighted by Crippen LogP contribution is -1.92. The Kier molecular flexibility index (Phi) is 6.40. The summed E-state index contributed by atoms with van der Waals surface area (Å²) in [6.07, 6.45) is 8.16. The minimum absolute atomic E-state index is 0.868. The highest BCUT2D eigenvalue weighted by Gasteiger charge is 2.14. The smallest absolute Gasteiger partial charge is 0.0979 e. The molecule has 0 amide bonds. The lowest BCUT2D eigenvalue weighted by molar-refractivity contribution is 1.31. The number of nitrogens with zero attached hydrogens (tertiary/aromatic N) is 2. The van der Waals surface area contributed by atoms with E-state index in [1.807, 2.05) is 12.3 Å². The molecule has 44 heavy (non-hydrogen) atoms. The zero-order valence-corrected chi connectivity index (χ0v) is 25.1. The van der Waals surface area contributed by atoms with Gasteiger partial charge in [0.05, 0.1) is 22.9 Å². The number of hydrogen-bond donors (Lipinski definition) is 0. The Morgan fingerprint density at radius 3 is 1.91 bits per heavy atom. The SMILES string of the molecule is C=Cc1sc2c(-c3cccc(-c4cccc(-c5cnc6c7ccccc7c7ccccc7c6n5)c4)c3)cccc2c1/C=C\C. The zero-order chi connectivity index (χ0) is 29.6. The molecular weight excluding hydrogens is 553 g/mol. The number of benzene rings is 6. The van der Waals surface area contributed by atoms with Gasteiger partial charge in [0.1, 0.15) is 0 Å². The highest BCUT2D eigenvalue weighted by atomic mass is 32.1. The first-order valence-corrected chi connectivity index (χ1v) is 15.6. The molecule has 2 nitrogen and oxygen atoms in total. The fourth-order valence-electron chi connectivity index (χ4n) is 6.36. The minimum Gasteiger partial charge on any atom is -0.252 e. The Morgan fingerprint density at radius 1 is 0.614 bits per heavy atom. The van der Waals surface area contributed by atoms with E-state index >= 15 is 0 Å². The van der Waals surface area contributed by atoms with Gasteiger partial charge in [-0.3, -0.25) is 4.98 Å². The summed E-state index contributed by atoms with van der Waals surface area (Å²) in [5.74, 6) is 0. The van der Waals surface area contributed by atoms with Gasteiger partial charge >= 0.3 is 0 Å². The van der Waals surface area contributed by atoms with E-state index in [0.717, 1.165) is 38.6 Å². The van der Waals surface area contributed by atoms with Gasteiger partial charge in [-0.15, -0.1) is 11.3 Å². The summed E-state index contributed by atoms with van der Waals surface area (Å²) in [6, 6.07) is 41.0. The van der Waals surface area contributed by atoms with E-state index in [-0.39, 0.29) is 0 Å². The van der Waals surface area contributed by atoms with Crippen LogP contribution < -0.4 is 0 Å². The highest BCUT2D eigenvalue weighted by Crippen LogP contribution is 2.41. The lowest BCUT2D eigenvalue weighted by Gasteiger charge is -2.11. The minimum atomic E-state index is 0.868. The van der Waals surface area contributed by atoms with Crippen molar-refractivity contribution in [2.45, 2.75) is 6.92 Å². The molecule has 0 fully saturated rings. The molecular formula is C41H28N2S. The van der Waals surface area contributed by atoms with Gasteiger partial charge in [0.2, 0.25) is 0 Å². The van der Waals surface area contributed by atoms with Crippen LogP contribution in [-0.2, 0) is 0 Å². The molecule has 0 radical (unpaired) electrons. The molecule has 0 bridgehead atoms. The first-order chi connectivity index (χ1) is 21.7. The fourth-order valence-corrected chi connectivity index (χ4v) is 7.54. The number of aromatic nitrogens is 2. The van der Waals surface area contributed by atoms with Crippen LogP contribution in [-0.4, -0.2) is 9.97 Å². The van der Waals surface area contributed by atoms with Crippen LogP contribution in [0.3, 0.4) is 0 Å². The molecule has 0 unspecified atom stereocenters. The summed E-state index contributed by atoms with van der Waals surface area (Å²) in [7, 11) is 0. The largest absolute Gasteiger partial charge is 0.252 e. The van der Waals surface area contributed by atoms with Crippen molar-refractivity contribution in [3.8, 4) is 33.5 Å². The van der Waals surface area contributed by atoms with Gasteiger partial charge in [-0.25, -0.2) is 4.98 Å². The van der Waals surface area contributed by atoms with Gasteiger partial charge in [0.25, 0.3) is 0 Å². The van der Waals surface area contributed by atoms with Gasteiger partial charge < -0.3 is 0 Å². The van der Waals surface area contributed by atoms with Crippen LogP contribution >= 0.6 is 11.3 Å². The Bertz CT molecular complexity index is 2390. The molecule has 0 spiro atoms. The van der Waals surface area contributed by atoms with Gasteiger partial charge in [-0.2, -0.15) is 0 Å². The summed E-state index contributed by atoms with van der Waals surface area (Å²) in [5, 5.41) is 5.93. The Balaban J connectivity index is 1.24. The number of fused-ring (bicyclic) bond motifs is 7. The van der Waals surface area contributed by atoms with E-state index in [1.165, 1.54) is 48.0 Å². The topological polar surface area (TPSA) is 25.8 Å². The molecule has 0 aliphatic carbocycles. The predicted molar refractivity (Wildman–Crippen MR) is 191 cm³/mol. The van der Waals surface area contributed by atoms with Crippen molar-refractivity contribution in [3.05, 3.63) is 145 Å². The van der Waals surface area contributed by atoms with Crippen molar-refractivity contribution in [1.29, 1.82) is 0 Å². The van der Waals surface area contributed by atoms with Gasteiger partial charge in [-0.1, -0.05) is 128 Å². The van der Waals surface area contributed by atoms with Crippen molar-refractivity contribution in [3.63, 3.8) is 0 Å². The van der Waals surface area contributed by atoms with Crippen LogP contribution in [0.25, 0.3) is 88.3 Å². The van der Waals surface area contributed by atoms with Gasteiger partial charge in [-0.05, 0) is 57.6 Å². The molecule has 8 aromatic rings. The maximum atomic E-state index is 5.22. The molecule has 6 aromatic carbocycles. The van der Waals surface area contributed by atoms with Gasteiger partial charge in [0, 0.05) is 31.3 Å². The molecule has 0 aliphatic rings. The monoisotopic (exact) mass is 580 g/mol.